The number of rotatable bonds is 2. The van der Waals surface area contributed by atoms with Gasteiger partial charge in [-0.1, -0.05) is 11.6 Å². The Morgan fingerprint density at radius 2 is 2.24 bits per heavy atom. The van der Waals surface area contributed by atoms with Crippen LogP contribution in [0.5, 0.6) is 0 Å². The summed E-state index contributed by atoms with van der Waals surface area (Å²) in [6.07, 6.45) is 1.86. The van der Waals surface area contributed by atoms with Gasteiger partial charge in [-0.3, -0.25) is 0 Å². The molecule has 1 aromatic carbocycles. The van der Waals surface area contributed by atoms with Crippen molar-refractivity contribution in [2.45, 2.75) is 6.54 Å². The maximum absolute atomic E-state index is 13.2. The summed E-state index contributed by atoms with van der Waals surface area (Å²) in [4.78, 5) is 6.64. The lowest BCUT2D eigenvalue weighted by molar-refractivity contribution is 0.346. The van der Waals surface area contributed by atoms with Gasteiger partial charge in [0.25, 0.3) is 0 Å². The third kappa shape index (κ3) is 3.25. The zero-order valence-corrected chi connectivity index (χ0v) is 12.4. The number of nitrogens with one attached hydrogen (secondary N) is 2. The van der Waals surface area contributed by atoms with Gasteiger partial charge < -0.3 is 15.5 Å². The van der Waals surface area contributed by atoms with E-state index in [1.54, 1.807) is 12.1 Å². The summed E-state index contributed by atoms with van der Waals surface area (Å²) in [6.45, 7) is 2.76. The van der Waals surface area contributed by atoms with Crippen molar-refractivity contribution in [1.29, 1.82) is 0 Å². The summed E-state index contributed by atoms with van der Waals surface area (Å²) >= 11 is 5.78. The molecule has 0 atom stereocenters. The molecule has 2 N–H and O–H groups in total. The summed E-state index contributed by atoms with van der Waals surface area (Å²) in [7, 11) is 2.09. The van der Waals surface area contributed by atoms with Crippen LogP contribution in [0.3, 0.4) is 0 Å². The Balaban J connectivity index is 1.83. The zero-order valence-electron chi connectivity index (χ0n) is 11.7. The fourth-order valence-electron chi connectivity index (χ4n) is 2.32. The average molecular weight is 307 g/mol. The quantitative estimate of drug-likeness (QED) is 0.891. The molecule has 110 valence electrons. The van der Waals surface area contributed by atoms with E-state index in [2.05, 4.69) is 27.6 Å². The lowest BCUT2D eigenvalue weighted by Crippen LogP contribution is -2.20. The molecule has 6 heteroatoms. The minimum atomic E-state index is -0.429. The van der Waals surface area contributed by atoms with Gasteiger partial charge in [0, 0.05) is 48.8 Å². The number of nitrogens with zero attached hydrogens (tertiary/aromatic N) is 2. The number of hydrogen-bond acceptors (Lipinski definition) is 4. The Kier molecular flexibility index (Phi) is 3.94. The standard InChI is InChI=1S/C15H16ClFN4/c1-21-5-4-18-14-7-15(19-8-10(14)9-21)20-11-2-3-13(17)12(16)6-11/h2-3,6-8,18H,4-5,9H2,1H3,(H,19,20). The molecule has 0 amide bonds. The van der Waals surface area contributed by atoms with Crippen LogP contribution >= 0.6 is 11.6 Å². The fraction of sp³-hybridized carbons (Fsp3) is 0.267. The van der Waals surface area contributed by atoms with Gasteiger partial charge in [-0.05, 0) is 25.2 Å². The summed E-state index contributed by atoms with van der Waals surface area (Å²) < 4.78 is 13.2. The molecule has 0 unspecified atom stereocenters. The summed E-state index contributed by atoms with van der Waals surface area (Å²) in [5, 5.41) is 6.62. The molecule has 1 aliphatic rings. The van der Waals surface area contributed by atoms with Crippen molar-refractivity contribution in [1.82, 2.24) is 9.88 Å². The number of hydrogen-bond donors (Lipinski definition) is 2. The van der Waals surface area contributed by atoms with Crippen molar-refractivity contribution in [3.8, 4) is 0 Å². The van der Waals surface area contributed by atoms with Gasteiger partial charge >= 0.3 is 0 Å². The molecule has 21 heavy (non-hydrogen) atoms. The summed E-state index contributed by atoms with van der Waals surface area (Å²) in [5.41, 5.74) is 2.95. The average Bonchev–Trinajstić information content (AvgIpc) is 2.63. The molecule has 0 saturated heterocycles. The van der Waals surface area contributed by atoms with Gasteiger partial charge in [-0.2, -0.15) is 0 Å². The van der Waals surface area contributed by atoms with Crippen molar-refractivity contribution in [3.63, 3.8) is 0 Å². The molecule has 2 aromatic rings. The van der Waals surface area contributed by atoms with E-state index in [1.165, 1.54) is 6.07 Å². The SMILES string of the molecule is CN1CCNc2cc(Nc3ccc(F)c(Cl)c3)ncc2C1. The van der Waals surface area contributed by atoms with Gasteiger partial charge in [0.15, 0.2) is 0 Å². The predicted octanol–water partition coefficient (Wildman–Crippen LogP) is 3.48. The number of fused-ring (bicyclic) bond motifs is 1. The number of halogens is 2. The predicted molar refractivity (Wildman–Crippen MR) is 83.8 cm³/mol. The van der Waals surface area contributed by atoms with Crippen LogP contribution < -0.4 is 10.6 Å². The van der Waals surface area contributed by atoms with E-state index >= 15 is 0 Å². The van der Waals surface area contributed by atoms with Crippen molar-refractivity contribution in [3.05, 3.63) is 46.9 Å². The molecule has 0 fully saturated rings. The Morgan fingerprint density at radius 1 is 1.38 bits per heavy atom. The van der Waals surface area contributed by atoms with Gasteiger partial charge in [-0.15, -0.1) is 0 Å². The smallest absolute Gasteiger partial charge is 0.141 e. The first-order chi connectivity index (χ1) is 10.1. The number of aromatic nitrogens is 1. The van der Waals surface area contributed by atoms with Gasteiger partial charge in [0.05, 0.1) is 5.02 Å². The molecular weight excluding hydrogens is 291 g/mol. The highest BCUT2D eigenvalue weighted by Crippen LogP contribution is 2.25. The molecule has 3 rings (SSSR count). The largest absolute Gasteiger partial charge is 0.383 e. The Hall–Kier alpha value is -1.85. The van der Waals surface area contributed by atoms with Gasteiger partial charge in [0.2, 0.25) is 0 Å². The third-order valence-corrected chi connectivity index (χ3v) is 3.72. The van der Waals surface area contributed by atoms with E-state index in [9.17, 15) is 4.39 Å². The van der Waals surface area contributed by atoms with E-state index < -0.39 is 5.82 Å². The molecule has 4 nitrogen and oxygen atoms in total. The maximum atomic E-state index is 13.2. The van der Waals surface area contributed by atoms with Crippen LogP contribution in [-0.2, 0) is 6.54 Å². The van der Waals surface area contributed by atoms with Crippen LogP contribution in [0, 0.1) is 5.82 Å². The second-order valence-corrected chi connectivity index (χ2v) is 5.55. The molecule has 1 aromatic heterocycles. The molecule has 0 radical (unpaired) electrons. The second kappa shape index (κ2) is 5.87. The molecule has 2 heterocycles. The fourth-order valence-corrected chi connectivity index (χ4v) is 2.50. The molecule has 0 aliphatic carbocycles. The van der Waals surface area contributed by atoms with Crippen LogP contribution in [-0.4, -0.2) is 30.0 Å². The van der Waals surface area contributed by atoms with Crippen molar-refractivity contribution >= 4 is 28.8 Å². The monoisotopic (exact) mass is 306 g/mol. The van der Waals surface area contributed by atoms with Crippen LogP contribution in [0.2, 0.25) is 5.02 Å². The topological polar surface area (TPSA) is 40.2 Å². The molecular formula is C15H16ClFN4. The summed E-state index contributed by atoms with van der Waals surface area (Å²) in [6, 6.07) is 6.48. The first kappa shape index (κ1) is 14.1. The van der Waals surface area contributed by atoms with E-state index in [1.807, 2.05) is 12.3 Å². The molecule has 0 saturated carbocycles. The van der Waals surface area contributed by atoms with E-state index in [0.717, 1.165) is 30.9 Å². The van der Waals surface area contributed by atoms with Crippen LogP contribution in [0.25, 0.3) is 0 Å². The number of benzene rings is 1. The van der Waals surface area contributed by atoms with Crippen LogP contribution in [0.4, 0.5) is 21.6 Å². The Labute approximate surface area is 127 Å². The second-order valence-electron chi connectivity index (χ2n) is 5.15. The lowest BCUT2D eigenvalue weighted by atomic mass is 10.2. The normalized spacial score (nSPS) is 15.0. The van der Waals surface area contributed by atoms with Crippen LogP contribution in [0.1, 0.15) is 5.56 Å². The van der Waals surface area contributed by atoms with E-state index in [-0.39, 0.29) is 5.02 Å². The van der Waals surface area contributed by atoms with Gasteiger partial charge in [-0.25, -0.2) is 9.37 Å². The highest BCUT2D eigenvalue weighted by molar-refractivity contribution is 6.31. The molecule has 0 spiro atoms. The lowest BCUT2D eigenvalue weighted by Gasteiger charge is -2.13. The van der Waals surface area contributed by atoms with E-state index in [4.69, 9.17) is 11.6 Å². The van der Waals surface area contributed by atoms with Crippen molar-refractivity contribution in [2.75, 3.05) is 30.8 Å². The van der Waals surface area contributed by atoms with E-state index in [0.29, 0.717) is 11.5 Å². The Bertz CT molecular complexity index is 662. The zero-order chi connectivity index (χ0) is 14.8. The maximum Gasteiger partial charge on any atom is 0.141 e. The van der Waals surface area contributed by atoms with Crippen molar-refractivity contribution < 1.29 is 4.39 Å². The number of likely N-dealkylation sites (N-methyl/N-ethyl adjacent to an activating group) is 1. The van der Waals surface area contributed by atoms with Crippen LogP contribution in [0.15, 0.2) is 30.5 Å². The first-order valence-electron chi connectivity index (χ1n) is 6.75. The number of anilines is 3. The minimum Gasteiger partial charge on any atom is -0.383 e. The van der Waals surface area contributed by atoms with Crippen molar-refractivity contribution in [2.24, 2.45) is 0 Å². The molecule has 0 bridgehead atoms. The highest BCUT2D eigenvalue weighted by Gasteiger charge is 2.12. The Morgan fingerprint density at radius 3 is 3.05 bits per heavy atom. The third-order valence-electron chi connectivity index (χ3n) is 3.43. The first-order valence-corrected chi connectivity index (χ1v) is 7.13. The summed E-state index contributed by atoms with van der Waals surface area (Å²) in [5.74, 6) is 0.273. The number of pyridine rings is 1. The molecule has 1 aliphatic heterocycles. The van der Waals surface area contributed by atoms with Gasteiger partial charge in [0.1, 0.15) is 11.6 Å². The highest BCUT2D eigenvalue weighted by atomic mass is 35.5. The minimum absolute atomic E-state index is 0.0921.